The molecule has 0 N–H and O–H groups in total. The molecule has 1 saturated carbocycles. The Balaban J connectivity index is 1.50. The molecule has 3 aliphatic rings. The summed E-state index contributed by atoms with van der Waals surface area (Å²) < 4.78 is 0. The van der Waals surface area contributed by atoms with Crippen molar-refractivity contribution in [3.05, 3.63) is 48.5 Å². The van der Waals surface area contributed by atoms with Gasteiger partial charge in [-0.05, 0) is 37.1 Å². The van der Waals surface area contributed by atoms with Crippen LogP contribution >= 0.6 is 0 Å². The molecule has 0 aromatic heterocycles. The van der Waals surface area contributed by atoms with Crippen molar-refractivity contribution in [1.29, 1.82) is 0 Å². The van der Waals surface area contributed by atoms with Crippen LogP contribution in [0.5, 0.6) is 0 Å². The molecule has 1 aliphatic carbocycles. The largest absolute Gasteiger partial charge is 0.355 e. The van der Waals surface area contributed by atoms with E-state index in [4.69, 9.17) is 0 Å². The van der Waals surface area contributed by atoms with Gasteiger partial charge in [-0.25, -0.2) is 0 Å². The molecule has 0 saturated heterocycles. The lowest BCUT2D eigenvalue weighted by Gasteiger charge is -2.44. The van der Waals surface area contributed by atoms with Gasteiger partial charge >= 0.3 is 0 Å². The molecule has 1 fully saturated rings. The summed E-state index contributed by atoms with van der Waals surface area (Å²) in [6.07, 6.45) is 5.26. The van der Waals surface area contributed by atoms with E-state index in [9.17, 15) is 0 Å². The summed E-state index contributed by atoms with van der Waals surface area (Å²) in [7, 11) is 4.44. The Morgan fingerprint density at radius 3 is 1.42 bits per heavy atom. The topological polar surface area (TPSA) is 13.0 Å². The molecule has 2 aromatic carbocycles. The third kappa shape index (κ3) is 2.35. The molecule has 0 unspecified atom stereocenters. The quantitative estimate of drug-likeness (QED) is 0.809. The minimum Gasteiger partial charge on any atom is -0.355 e. The highest BCUT2D eigenvalue weighted by molar-refractivity contribution is 5.78. The van der Waals surface area contributed by atoms with E-state index in [-0.39, 0.29) is 0 Å². The Bertz CT molecular complexity index is 737. The van der Waals surface area contributed by atoms with E-state index in [1.165, 1.54) is 48.4 Å². The van der Waals surface area contributed by atoms with Crippen LogP contribution in [0.1, 0.15) is 25.7 Å². The predicted molar refractivity (Wildman–Crippen MR) is 110 cm³/mol. The van der Waals surface area contributed by atoms with E-state index in [0.29, 0.717) is 12.1 Å². The van der Waals surface area contributed by atoms with Gasteiger partial charge in [-0.1, -0.05) is 37.1 Å². The van der Waals surface area contributed by atoms with E-state index in [0.717, 1.165) is 13.3 Å². The first-order valence-electron chi connectivity index (χ1n) is 9.87. The Hall–Kier alpha value is -2.36. The summed E-state index contributed by atoms with van der Waals surface area (Å²) in [6, 6.07) is 18.9. The Kier molecular flexibility index (Phi) is 3.73. The number of rotatable bonds is 2. The SMILES string of the molecule is CN1CN([C@H]2CCCC[C@@H]2N2CN(C)c3ccccc32)c2ccccc21. The number of para-hydroxylation sites is 4. The lowest BCUT2D eigenvalue weighted by Crippen LogP contribution is -2.54. The lowest BCUT2D eigenvalue weighted by molar-refractivity contribution is 0.352. The Morgan fingerprint density at radius 2 is 1.00 bits per heavy atom. The van der Waals surface area contributed by atoms with Crippen LogP contribution in [0.2, 0.25) is 0 Å². The molecule has 2 heterocycles. The summed E-state index contributed by atoms with van der Waals surface area (Å²) in [4.78, 5) is 10.1. The summed E-state index contributed by atoms with van der Waals surface area (Å²) in [6.45, 7) is 2.01. The zero-order valence-corrected chi connectivity index (χ0v) is 15.8. The first-order valence-corrected chi connectivity index (χ1v) is 9.87. The number of anilines is 4. The second kappa shape index (κ2) is 6.11. The molecular weight excluding hydrogens is 320 g/mol. The molecule has 136 valence electrons. The number of nitrogens with zero attached hydrogens (tertiary/aromatic N) is 4. The molecule has 26 heavy (non-hydrogen) atoms. The molecule has 2 aromatic rings. The van der Waals surface area contributed by atoms with E-state index < -0.39 is 0 Å². The number of hydrogen-bond donors (Lipinski definition) is 0. The van der Waals surface area contributed by atoms with Gasteiger partial charge in [0.2, 0.25) is 0 Å². The van der Waals surface area contributed by atoms with Gasteiger partial charge in [-0.15, -0.1) is 0 Å². The minimum atomic E-state index is 0.578. The van der Waals surface area contributed by atoms with Crippen LogP contribution in [0.3, 0.4) is 0 Å². The van der Waals surface area contributed by atoms with Crippen molar-refractivity contribution < 1.29 is 0 Å². The zero-order valence-electron chi connectivity index (χ0n) is 15.8. The van der Waals surface area contributed by atoms with Crippen LogP contribution in [-0.4, -0.2) is 39.5 Å². The zero-order chi connectivity index (χ0) is 17.7. The van der Waals surface area contributed by atoms with Gasteiger partial charge in [-0.2, -0.15) is 0 Å². The second-order valence-corrected chi connectivity index (χ2v) is 8.01. The Labute approximate surface area is 156 Å². The van der Waals surface area contributed by atoms with Gasteiger partial charge in [0.05, 0.1) is 48.2 Å². The van der Waals surface area contributed by atoms with Gasteiger partial charge in [0.15, 0.2) is 0 Å². The maximum absolute atomic E-state index is 2.67. The molecule has 4 nitrogen and oxygen atoms in total. The maximum Gasteiger partial charge on any atom is 0.0905 e. The fourth-order valence-electron chi connectivity index (χ4n) is 5.21. The van der Waals surface area contributed by atoms with Crippen LogP contribution in [0.25, 0.3) is 0 Å². The van der Waals surface area contributed by atoms with E-state index in [2.05, 4.69) is 82.2 Å². The van der Waals surface area contributed by atoms with Gasteiger partial charge in [-0.3, -0.25) is 0 Å². The molecule has 0 radical (unpaired) electrons. The highest BCUT2D eigenvalue weighted by atomic mass is 15.4. The molecule has 2 aliphatic heterocycles. The number of benzene rings is 2. The Morgan fingerprint density at radius 1 is 0.615 bits per heavy atom. The highest BCUT2D eigenvalue weighted by Gasteiger charge is 2.40. The third-order valence-corrected chi connectivity index (χ3v) is 6.43. The average molecular weight is 348 g/mol. The standard InChI is InChI=1S/C22H28N4/c1-23-15-25(19-11-5-3-9-17(19)23)21-13-7-8-14-22(21)26-16-24(2)18-10-4-6-12-20(18)26/h3-6,9-12,21-22H,7-8,13-16H2,1-2H3/t21-,22-/m0/s1. The predicted octanol–water partition coefficient (Wildman–Crippen LogP) is 4.13. The molecule has 0 spiro atoms. The molecule has 2 atom stereocenters. The van der Waals surface area contributed by atoms with Crippen molar-refractivity contribution >= 4 is 22.7 Å². The highest BCUT2D eigenvalue weighted by Crippen LogP contribution is 2.43. The van der Waals surface area contributed by atoms with Crippen molar-refractivity contribution in [2.24, 2.45) is 0 Å². The lowest BCUT2D eigenvalue weighted by atomic mass is 9.87. The molecule has 0 amide bonds. The van der Waals surface area contributed by atoms with Crippen molar-refractivity contribution in [3.63, 3.8) is 0 Å². The van der Waals surface area contributed by atoms with Crippen molar-refractivity contribution in [2.45, 2.75) is 37.8 Å². The van der Waals surface area contributed by atoms with E-state index >= 15 is 0 Å². The maximum atomic E-state index is 2.67. The van der Waals surface area contributed by atoms with Crippen LogP contribution in [0, 0.1) is 0 Å². The average Bonchev–Trinajstić information content (AvgIpc) is 3.20. The molecule has 4 heteroatoms. The summed E-state index contributed by atoms with van der Waals surface area (Å²) in [5.41, 5.74) is 5.56. The van der Waals surface area contributed by atoms with Crippen LogP contribution < -0.4 is 19.6 Å². The fraction of sp³-hybridized carbons (Fsp3) is 0.455. The molecule has 5 rings (SSSR count). The minimum absolute atomic E-state index is 0.578. The van der Waals surface area contributed by atoms with Crippen LogP contribution in [0.4, 0.5) is 22.7 Å². The van der Waals surface area contributed by atoms with Gasteiger partial charge in [0.25, 0.3) is 0 Å². The second-order valence-electron chi connectivity index (χ2n) is 8.01. The summed E-state index contributed by atoms with van der Waals surface area (Å²) in [5.74, 6) is 0. The first kappa shape index (κ1) is 15.9. The summed E-state index contributed by atoms with van der Waals surface area (Å²) >= 11 is 0. The van der Waals surface area contributed by atoms with E-state index in [1.54, 1.807) is 0 Å². The van der Waals surface area contributed by atoms with Gasteiger partial charge < -0.3 is 19.6 Å². The normalized spacial score (nSPS) is 24.8. The van der Waals surface area contributed by atoms with Crippen molar-refractivity contribution in [3.8, 4) is 0 Å². The van der Waals surface area contributed by atoms with Crippen LogP contribution in [0.15, 0.2) is 48.5 Å². The number of fused-ring (bicyclic) bond motifs is 2. The summed E-state index contributed by atoms with van der Waals surface area (Å²) in [5, 5.41) is 0. The van der Waals surface area contributed by atoms with Gasteiger partial charge in [0, 0.05) is 14.1 Å². The monoisotopic (exact) mass is 348 g/mol. The van der Waals surface area contributed by atoms with Crippen molar-refractivity contribution in [2.75, 3.05) is 47.0 Å². The van der Waals surface area contributed by atoms with E-state index in [1.807, 2.05) is 0 Å². The van der Waals surface area contributed by atoms with Crippen LogP contribution in [-0.2, 0) is 0 Å². The molecule has 0 bridgehead atoms. The number of hydrogen-bond acceptors (Lipinski definition) is 4. The first-order chi connectivity index (χ1) is 12.7. The van der Waals surface area contributed by atoms with Crippen molar-refractivity contribution in [1.82, 2.24) is 0 Å². The smallest absolute Gasteiger partial charge is 0.0905 e. The molecular formula is C22H28N4. The third-order valence-electron chi connectivity index (χ3n) is 6.43. The fourth-order valence-corrected chi connectivity index (χ4v) is 5.21. The van der Waals surface area contributed by atoms with Gasteiger partial charge in [0.1, 0.15) is 0 Å².